The Morgan fingerprint density at radius 1 is 1.20 bits per heavy atom. The van der Waals surface area contributed by atoms with E-state index in [2.05, 4.69) is 25.5 Å². The fourth-order valence-electron chi connectivity index (χ4n) is 2.60. The van der Waals surface area contributed by atoms with E-state index in [4.69, 9.17) is 0 Å². The Morgan fingerprint density at radius 3 is 2.80 bits per heavy atom. The van der Waals surface area contributed by atoms with Gasteiger partial charge in [0, 0.05) is 13.1 Å². The fourth-order valence-corrected chi connectivity index (χ4v) is 2.60. The first-order valence-corrected chi connectivity index (χ1v) is 7.24. The van der Waals surface area contributed by atoms with E-state index in [0.717, 1.165) is 13.1 Å². The number of hydrogen-bond acceptors (Lipinski definition) is 5. The molecule has 0 spiro atoms. The summed E-state index contributed by atoms with van der Waals surface area (Å²) < 4.78 is 1.27. The summed E-state index contributed by atoms with van der Waals surface area (Å²) in [6.45, 7) is 4.23. The van der Waals surface area contributed by atoms with Gasteiger partial charge in [0.25, 0.3) is 0 Å². The van der Waals surface area contributed by atoms with Gasteiger partial charge in [-0.1, -0.05) is 12.8 Å². The minimum absolute atomic E-state index is 0.309. The molecule has 7 heteroatoms. The predicted octanol–water partition coefficient (Wildman–Crippen LogP) is 0.705. The number of rotatable bonds is 4. The highest BCUT2D eigenvalue weighted by atomic mass is 16.2. The normalized spacial score (nSPS) is 17.2. The Morgan fingerprint density at radius 2 is 2.00 bits per heavy atom. The second-order valence-electron chi connectivity index (χ2n) is 5.20. The second kappa shape index (κ2) is 6.04. The smallest absolute Gasteiger partial charge is 0.364 e. The molecule has 2 aromatic heterocycles. The van der Waals surface area contributed by atoms with Crippen LogP contribution in [0.5, 0.6) is 0 Å². The van der Waals surface area contributed by atoms with Crippen LogP contribution in [0.25, 0.3) is 5.65 Å². The molecule has 0 aliphatic carbocycles. The van der Waals surface area contributed by atoms with Crippen molar-refractivity contribution in [3.8, 4) is 0 Å². The zero-order valence-corrected chi connectivity index (χ0v) is 11.5. The minimum atomic E-state index is -0.309. The molecule has 3 rings (SSSR count). The van der Waals surface area contributed by atoms with E-state index < -0.39 is 0 Å². The molecule has 108 valence electrons. The zero-order chi connectivity index (χ0) is 13.8. The van der Waals surface area contributed by atoms with Crippen LogP contribution in [0.3, 0.4) is 0 Å². The van der Waals surface area contributed by atoms with Crippen LogP contribution in [0, 0.1) is 0 Å². The summed E-state index contributed by atoms with van der Waals surface area (Å²) >= 11 is 0. The Bertz CT molecular complexity index is 611. The third-order valence-electron chi connectivity index (χ3n) is 3.71. The number of anilines is 1. The summed E-state index contributed by atoms with van der Waals surface area (Å²) in [5.74, 6) is 0.704. The lowest BCUT2D eigenvalue weighted by atomic mass is 10.2. The average Bonchev–Trinajstić information content (AvgIpc) is 2.67. The molecule has 7 nitrogen and oxygen atoms in total. The monoisotopic (exact) mass is 276 g/mol. The molecule has 0 amide bonds. The molecule has 0 atom stereocenters. The van der Waals surface area contributed by atoms with E-state index in [9.17, 15) is 4.79 Å². The number of nitrogens with zero attached hydrogens (tertiary/aromatic N) is 4. The largest absolute Gasteiger partial charge is 0.367 e. The first kappa shape index (κ1) is 13.1. The van der Waals surface area contributed by atoms with Crippen molar-refractivity contribution >= 4 is 11.5 Å². The van der Waals surface area contributed by atoms with Crippen LogP contribution in [0.2, 0.25) is 0 Å². The van der Waals surface area contributed by atoms with Crippen LogP contribution in [-0.4, -0.2) is 50.9 Å². The zero-order valence-electron chi connectivity index (χ0n) is 11.5. The van der Waals surface area contributed by atoms with Crippen LogP contribution in [0.4, 0.5) is 5.82 Å². The number of aromatic nitrogens is 4. The van der Waals surface area contributed by atoms with Gasteiger partial charge in [0.05, 0.1) is 0 Å². The third kappa shape index (κ3) is 2.98. The third-order valence-corrected chi connectivity index (χ3v) is 3.71. The summed E-state index contributed by atoms with van der Waals surface area (Å²) in [5, 5.41) is 13.7. The van der Waals surface area contributed by atoms with Gasteiger partial charge in [-0.3, -0.25) is 0 Å². The number of fused-ring (bicyclic) bond motifs is 1. The molecule has 0 saturated carbocycles. The fraction of sp³-hybridized carbons (Fsp3) is 0.615. The molecule has 0 unspecified atom stereocenters. The maximum Gasteiger partial charge on any atom is 0.364 e. The molecule has 20 heavy (non-hydrogen) atoms. The van der Waals surface area contributed by atoms with E-state index in [0.29, 0.717) is 11.5 Å². The summed E-state index contributed by atoms with van der Waals surface area (Å²) in [4.78, 5) is 13.9. The Labute approximate surface area is 117 Å². The van der Waals surface area contributed by atoms with E-state index in [-0.39, 0.29) is 5.69 Å². The molecule has 1 saturated heterocycles. The lowest BCUT2D eigenvalue weighted by molar-refractivity contribution is 0.296. The highest BCUT2D eigenvalue weighted by Gasteiger charge is 2.08. The molecule has 0 aromatic carbocycles. The topological polar surface area (TPSA) is 78.3 Å². The van der Waals surface area contributed by atoms with Gasteiger partial charge in [0.2, 0.25) is 0 Å². The molecule has 1 aliphatic rings. The van der Waals surface area contributed by atoms with Crippen molar-refractivity contribution < 1.29 is 0 Å². The van der Waals surface area contributed by atoms with E-state index in [1.54, 1.807) is 6.07 Å². The van der Waals surface area contributed by atoms with Gasteiger partial charge in [0.15, 0.2) is 5.65 Å². The van der Waals surface area contributed by atoms with Crippen LogP contribution in [-0.2, 0) is 0 Å². The van der Waals surface area contributed by atoms with Crippen molar-refractivity contribution in [2.45, 2.75) is 25.7 Å². The van der Waals surface area contributed by atoms with Gasteiger partial charge >= 0.3 is 5.69 Å². The predicted molar refractivity (Wildman–Crippen MR) is 77.0 cm³/mol. The first-order valence-electron chi connectivity index (χ1n) is 7.24. The molecule has 0 bridgehead atoms. The van der Waals surface area contributed by atoms with E-state index >= 15 is 0 Å². The molecular weight excluding hydrogens is 256 g/mol. The van der Waals surface area contributed by atoms with E-state index in [1.807, 2.05) is 6.07 Å². The summed E-state index contributed by atoms with van der Waals surface area (Å²) in [6, 6.07) is 3.62. The molecule has 3 heterocycles. The number of nitrogens with one attached hydrogen (secondary N) is 2. The van der Waals surface area contributed by atoms with Crippen molar-refractivity contribution in [1.29, 1.82) is 0 Å². The van der Waals surface area contributed by atoms with Crippen LogP contribution < -0.4 is 11.0 Å². The Balaban J connectivity index is 1.56. The molecule has 2 N–H and O–H groups in total. The summed E-state index contributed by atoms with van der Waals surface area (Å²) in [6.07, 6.45) is 5.31. The number of likely N-dealkylation sites (tertiary alicyclic amines) is 1. The van der Waals surface area contributed by atoms with Gasteiger partial charge in [-0.2, -0.15) is 9.61 Å². The van der Waals surface area contributed by atoms with Crippen molar-refractivity contribution in [2.75, 3.05) is 31.5 Å². The lowest BCUT2D eigenvalue weighted by Crippen LogP contribution is -2.30. The van der Waals surface area contributed by atoms with Gasteiger partial charge in [-0.25, -0.2) is 9.89 Å². The number of hydrogen-bond donors (Lipinski definition) is 2. The lowest BCUT2D eigenvalue weighted by Gasteiger charge is -2.19. The van der Waals surface area contributed by atoms with Crippen molar-refractivity contribution in [2.24, 2.45) is 0 Å². The molecule has 1 aliphatic heterocycles. The average molecular weight is 276 g/mol. The SMILES string of the molecule is O=c1[nH]nc2ccc(NCCN3CCCCCC3)nn12. The Hall–Kier alpha value is -1.89. The van der Waals surface area contributed by atoms with Crippen LogP contribution >= 0.6 is 0 Å². The minimum Gasteiger partial charge on any atom is -0.367 e. The molecule has 2 aromatic rings. The van der Waals surface area contributed by atoms with Crippen molar-refractivity contribution in [1.82, 2.24) is 24.7 Å². The second-order valence-corrected chi connectivity index (χ2v) is 5.20. The van der Waals surface area contributed by atoms with E-state index in [1.165, 1.54) is 43.3 Å². The van der Waals surface area contributed by atoms with Crippen LogP contribution in [0.15, 0.2) is 16.9 Å². The van der Waals surface area contributed by atoms with Gasteiger partial charge in [-0.05, 0) is 38.1 Å². The number of H-pyrrole nitrogens is 1. The van der Waals surface area contributed by atoms with Crippen LogP contribution in [0.1, 0.15) is 25.7 Å². The molecule has 1 fully saturated rings. The highest BCUT2D eigenvalue weighted by Crippen LogP contribution is 2.09. The quantitative estimate of drug-likeness (QED) is 0.859. The summed E-state index contributed by atoms with van der Waals surface area (Å²) in [7, 11) is 0. The Kier molecular flexibility index (Phi) is 3.96. The van der Waals surface area contributed by atoms with Crippen molar-refractivity contribution in [3.63, 3.8) is 0 Å². The van der Waals surface area contributed by atoms with Gasteiger partial charge in [0.1, 0.15) is 5.82 Å². The standard InChI is InChI=1S/C13H20N6O/c20-13-16-15-12-6-5-11(17-19(12)13)14-7-10-18-8-3-1-2-4-9-18/h5-6H,1-4,7-10H2,(H,14,17)(H,16,20). The maximum absolute atomic E-state index is 11.4. The molecular formula is C13H20N6O. The van der Waals surface area contributed by atoms with Gasteiger partial charge < -0.3 is 10.2 Å². The first-order chi connectivity index (χ1) is 9.83. The summed E-state index contributed by atoms with van der Waals surface area (Å²) in [5.41, 5.74) is 0.226. The maximum atomic E-state index is 11.4. The number of aromatic amines is 1. The highest BCUT2D eigenvalue weighted by molar-refractivity contribution is 5.42. The molecule has 0 radical (unpaired) electrons. The van der Waals surface area contributed by atoms with Gasteiger partial charge in [-0.15, -0.1) is 5.10 Å². The van der Waals surface area contributed by atoms with Crippen molar-refractivity contribution in [3.05, 3.63) is 22.6 Å².